The van der Waals surface area contributed by atoms with Gasteiger partial charge in [0.1, 0.15) is 0 Å². The fraction of sp³-hybridized carbons (Fsp3) is 0.938. The molecule has 0 aliphatic heterocycles. The molecule has 0 aliphatic carbocycles. The molecule has 0 atom stereocenters. The van der Waals surface area contributed by atoms with Gasteiger partial charge in [-0.15, -0.1) is 0 Å². The third-order valence-corrected chi connectivity index (χ3v) is 4.39. The average molecular weight is 335 g/mol. The largest absolute Gasteiger partial charge is 0.748 e. The van der Waals surface area contributed by atoms with Gasteiger partial charge in [-0.3, -0.25) is 4.79 Å². The molecule has 0 aromatic carbocycles. The Bertz CT molecular complexity index is 368. The molecule has 0 saturated heterocycles. The van der Waals surface area contributed by atoms with Gasteiger partial charge in [-0.05, 0) is 6.42 Å². The van der Waals surface area contributed by atoms with Crippen molar-refractivity contribution < 1.29 is 17.8 Å². The van der Waals surface area contributed by atoms with Gasteiger partial charge in [0.2, 0.25) is 5.91 Å². The summed E-state index contributed by atoms with van der Waals surface area (Å²) in [4.78, 5) is 11.4. The molecule has 0 spiro atoms. The standard InChI is InChI=1S/C16H33NO4S/c1-2-3-4-5-6-7-8-9-10-11-12-13-16(18)17-14-15-22(19,20)21/h2-15H2,1H3,(H,17,18)(H,19,20,21)/p-1. The van der Waals surface area contributed by atoms with Crippen LogP contribution in [0.2, 0.25) is 0 Å². The smallest absolute Gasteiger partial charge is 0.220 e. The molecule has 0 radical (unpaired) electrons. The first-order chi connectivity index (χ1) is 10.5. The first-order valence-corrected chi connectivity index (χ1v) is 10.2. The maximum atomic E-state index is 11.4. The van der Waals surface area contributed by atoms with Crippen LogP contribution < -0.4 is 5.32 Å². The Morgan fingerprint density at radius 2 is 1.32 bits per heavy atom. The van der Waals surface area contributed by atoms with Crippen LogP contribution in [0.25, 0.3) is 0 Å². The van der Waals surface area contributed by atoms with Crippen molar-refractivity contribution in [1.29, 1.82) is 0 Å². The molecule has 6 heteroatoms. The van der Waals surface area contributed by atoms with Gasteiger partial charge in [-0.25, -0.2) is 8.42 Å². The Kier molecular flexibility index (Phi) is 13.6. The van der Waals surface area contributed by atoms with Gasteiger partial charge in [0.05, 0.1) is 15.9 Å². The summed E-state index contributed by atoms with van der Waals surface area (Å²) < 4.78 is 31.1. The van der Waals surface area contributed by atoms with Crippen LogP contribution in [0.5, 0.6) is 0 Å². The van der Waals surface area contributed by atoms with E-state index in [2.05, 4.69) is 12.2 Å². The van der Waals surface area contributed by atoms with E-state index < -0.39 is 15.9 Å². The zero-order valence-corrected chi connectivity index (χ0v) is 14.8. The predicted molar refractivity (Wildman–Crippen MR) is 88.7 cm³/mol. The molecule has 0 saturated carbocycles. The van der Waals surface area contributed by atoms with Gasteiger partial charge in [-0.2, -0.15) is 0 Å². The number of hydrogen-bond acceptors (Lipinski definition) is 4. The maximum Gasteiger partial charge on any atom is 0.220 e. The Hall–Kier alpha value is -0.620. The van der Waals surface area contributed by atoms with E-state index in [1.165, 1.54) is 51.4 Å². The van der Waals surface area contributed by atoms with E-state index in [9.17, 15) is 17.8 Å². The third-order valence-electron chi connectivity index (χ3n) is 3.68. The van der Waals surface area contributed by atoms with Gasteiger partial charge < -0.3 is 9.87 Å². The summed E-state index contributed by atoms with van der Waals surface area (Å²) in [6.07, 6.45) is 13.9. The van der Waals surface area contributed by atoms with Crippen molar-refractivity contribution in [1.82, 2.24) is 5.32 Å². The molecule has 0 aliphatic rings. The summed E-state index contributed by atoms with van der Waals surface area (Å²) in [6.45, 7) is 2.15. The molecule has 0 aromatic rings. The van der Waals surface area contributed by atoms with Crippen molar-refractivity contribution in [2.45, 2.75) is 84.0 Å². The van der Waals surface area contributed by atoms with E-state index >= 15 is 0 Å². The minimum atomic E-state index is -4.23. The fourth-order valence-corrected chi connectivity index (χ4v) is 2.71. The van der Waals surface area contributed by atoms with Crippen molar-refractivity contribution in [3.05, 3.63) is 0 Å². The van der Waals surface area contributed by atoms with Crippen LogP contribution in [0, 0.1) is 0 Å². The molecule has 1 N–H and O–H groups in total. The number of nitrogens with one attached hydrogen (secondary N) is 1. The third kappa shape index (κ3) is 17.4. The summed E-state index contributed by atoms with van der Waals surface area (Å²) in [5.41, 5.74) is 0. The zero-order valence-electron chi connectivity index (χ0n) is 13.9. The van der Waals surface area contributed by atoms with Crippen LogP contribution in [0.15, 0.2) is 0 Å². The lowest BCUT2D eigenvalue weighted by molar-refractivity contribution is -0.121. The highest BCUT2D eigenvalue weighted by Gasteiger charge is 2.02. The number of rotatable bonds is 15. The minimum Gasteiger partial charge on any atom is -0.748 e. The van der Waals surface area contributed by atoms with Crippen LogP contribution in [-0.2, 0) is 14.9 Å². The van der Waals surface area contributed by atoms with Crippen LogP contribution in [0.1, 0.15) is 84.0 Å². The van der Waals surface area contributed by atoms with E-state index in [0.29, 0.717) is 6.42 Å². The van der Waals surface area contributed by atoms with E-state index in [0.717, 1.165) is 19.3 Å². The molecule has 0 rings (SSSR count). The Labute approximate surface area is 136 Å². The Morgan fingerprint density at radius 3 is 1.77 bits per heavy atom. The minimum absolute atomic E-state index is 0.0807. The highest BCUT2D eigenvalue weighted by molar-refractivity contribution is 7.85. The molecule has 1 amide bonds. The summed E-state index contributed by atoms with van der Waals surface area (Å²) in [7, 11) is -4.23. The average Bonchev–Trinajstić information content (AvgIpc) is 2.43. The Balaban J connectivity index is 3.23. The molecule has 0 fully saturated rings. The van der Waals surface area contributed by atoms with Crippen molar-refractivity contribution in [3.8, 4) is 0 Å². The number of hydrogen-bond donors (Lipinski definition) is 1. The lowest BCUT2D eigenvalue weighted by atomic mass is 10.1. The SMILES string of the molecule is CCCCCCCCCCCCCC(=O)NCCS(=O)(=O)[O-]. The van der Waals surface area contributed by atoms with Crippen LogP contribution in [-0.4, -0.2) is 31.2 Å². The van der Waals surface area contributed by atoms with E-state index in [1.54, 1.807) is 0 Å². The quantitative estimate of drug-likeness (QED) is 0.367. The highest BCUT2D eigenvalue weighted by atomic mass is 32.2. The lowest BCUT2D eigenvalue weighted by Crippen LogP contribution is -2.28. The summed E-state index contributed by atoms with van der Waals surface area (Å²) in [6, 6.07) is 0. The molecular weight excluding hydrogens is 302 g/mol. The number of carbonyl (C=O) groups is 1. The molecule has 5 nitrogen and oxygen atoms in total. The van der Waals surface area contributed by atoms with Crippen molar-refractivity contribution in [2.75, 3.05) is 12.3 Å². The summed E-state index contributed by atoms with van der Waals surface area (Å²) in [5, 5.41) is 2.46. The molecule has 0 heterocycles. The van der Waals surface area contributed by atoms with Gasteiger partial charge in [0.25, 0.3) is 0 Å². The second-order valence-corrected chi connectivity index (χ2v) is 7.42. The first kappa shape index (κ1) is 21.4. The summed E-state index contributed by atoms with van der Waals surface area (Å²) >= 11 is 0. The van der Waals surface area contributed by atoms with Crippen LogP contribution in [0.3, 0.4) is 0 Å². The van der Waals surface area contributed by atoms with Crippen LogP contribution in [0.4, 0.5) is 0 Å². The molecule has 22 heavy (non-hydrogen) atoms. The summed E-state index contributed by atoms with van der Waals surface area (Å²) in [5.74, 6) is -0.698. The van der Waals surface area contributed by atoms with Crippen molar-refractivity contribution >= 4 is 16.0 Å². The molecular formula is C16H32NO4S-. The number of unbranched alkanes of at least 4 members (excludes halogenated alkanes) is 10. The molecule has 132 valence electrons. The second kappa shape index (κ2) is 14.0. The predicted octanol–water partition coefficient (Wildman–Crippen LogP) is 3.35. The Morgan fingerprint density at radius 1 is 0.864 bits per heavy atom. The topological polar surface area (TPSA) is 86.3 Å². The fourth-order valence-electron chi connectivity index (χ4n) is 2.35. The maximum absolute atomic E-state index is 11.4. The van der Waals surface area contributed by atoms with E-state index in [1.807, 2.05) is 0 Å². The lowest BCUT2D eigenvalue weighted by Gasteiger charge is -2.08. The first-order valence-electron chi connectivity index (χ1n) is 8.66. The van der Waals surface area contributed by atoms with Gasteiger partial charge in [0.15, 0.2) is 0 Å². The zero-order chi connectivity index (χ0) is 16.7. The van der Waals surface area contributed by atoms with Crippen molar-refractivity contribution in [2.24, 2.45) is 0 Å². The van der Waals surface area contributed by atoms with Gasteiger partial charge >= 0.3 is 0 Å². The normalized spacial score (nSPS) is 11.5. The molecule has 0 unspecified atom stereocenters. The molecule has 0 bridgehead atoms. The number of carbonyl (C=O) groups excluding carboxylic acids is 1. The van der Waals surface area contributed by atoms with E-state index in [4.69, 9.17) is 0 Å². The monoisotopic (exact) mass is 334 g/mol. The van der Waals surface area contributed by atoms with Gasteiger partial charge in [0, 0.05) is 13.0 Å². The van der Waals surface area contributed by atoms with Crippen molar-refractivity contribution in [3.63, 3.8) is 0 Å². The van der Waals surface area contributed by atoms with E-state index in [-0.39, 0.29) is 12.5 Å². The van der Waals surface area contributed by atoms with Crippen LogP contribution >= 0.6 is 0 Å². The highest BCUT2D eigenvalue weighted by Crippen LogP contribution is 2.11. The molecule has 0 aromatic heterocycles. The number of amides is 1. The second-order valence-electron chi connectivity index (χ2n) is 5.90. The van der Waals surface area contributed by atoms with Gasteiger partial charge in [-0.1, -0.05) is 71.1 Å².